The van der Waals surface area contributed by atoms with E-state index < -0.39 is 0 Å². The third kappa shape index (κ3) is 2.66. The smallest absolute Gasteiger partial charge is 0.268 e. The molecule has 0 atom stereocenters. The average molecular weight is 305 g/mol. The van der Waals surface area contributed by atoms with Crippen molar-refractivity contribution in [2.24, 2.45) is 0 Å². The number of nitrogen functional groups attached to an aromatic ring is 1. The van der Waals surface area contributed by atoms with E-state index in [0.29, 0.717) is 27.3 Å². The lowest BCUT2D eigenvalue weighted by atomic mass is 10.4. The van der Waals surface area contributed by atoms with Gasteiger partial charge in [0, 0.05) is 11.8 Å². The highest BCUT2D eigenvalue weighted by Gasteiger charge is 2.07. The van der Waals surface area contributed by atoms with Crippen LogP contribution in [0.1, 0.15) is 11.5 Å². The zero-order valence-electron chi connectivity index (χ0n) is 10.6. The van der Waals surface area contributed by atoms with Crippen molar-refractivity contribution in [2.75, 3.05) is 5.73 Å². The lowest BCUT2D eigenvalue weighted by Gasteiger charge is -2.02. The molecule has 6 nitrogen and oxygen atoms in total. The Bertz CT molecular complexity index is 806. The van der Waals surface area contributed by atoms with Crippen LogP contribution >= 0.6 is 23.1 Å². The van der Waals surface area contributed by atoms with E-state index in [9.17, 15) is 4.79 Å². The number of aromatic amines is 1. The molecular formula is C12H11N5OS2. The van der Waals surface area contributed by atoms with Crippen molar-refractivity contribution in [1.82, 2.24) is 19.9 Å². The molecule has 0 aliphatic rings. The maximum Gasteiger partial charge on any atom is 0.268 e. The quantitative estimate of drug-likeness (QED) is 0.567. The molecule has 3 heterocycles. The molecule has 0 saturated heterocycles. The summed E-state index contributed by atoms with van der Waals surface area (Å²) in [6, 6.07) is 3.55. The molecule has 20 heavy (non-hydrogen) atoms. The summed E-state index contributed by atoms with van der Waals surface area (Å²) in [5.74, 6) is 1.54. The molecule has 0 amide bonds. The molecule has 3 aromatic rings. The molecule has 0 bridgehead atoms. The molecule has 102 valence electrons. The number of thioether (sulfide) groups is 1. The number of fused-ring (bicyclic) bond motifs is 1. The van der Waals surface area contributed by atoms with E-state index in [2.05, 4.69) is 19.9 Å². The first-order valence-electron chi connectivity index (χ1n) is 5.82. The number of thiophene rings is 1. The second kappa shape index (κ2) is 5.22. The SMILES string of the molecule is Cc1cc(N)nc(SCc2nc3ccsc3c(=O)[nH]2)n1. The maximum absolute atomic E-state index is 11.8. The van der Waals surface area contributed by atoms with Gasteiger partial charge in [0.1, 0.15) is 16.3 Å². The standard InChI is InChI=1S/C12H11N5OS2/c1-6-4-8(13)16-12(14-6)20-5-9-15-7-2-3-19-10(7)11(18)17-9/h2-4H,5H2,1H3,(H2,13,14,16)(H,15,17,18). The molecular weight excluding hydrogens is 294 g/mol. The number of hydrogen-bond donors (Lipinski definition) is 2. The number of H-pyrrole nitrogens is 1. The Labute approximate surface area is 122 Å². The van der Waals surface area contributed by atoms with Gasteiger partial charge in [-0.1, -0.05) is 11.8 Å². The van der Waals surface area contributed by atoms with Crippen molar-refractivity contribution in [3.63, 3.8) is 0 Å². The molecule has 0 aliphatic heterocycles. The summed E-state index contributed by atoms with van der Waals surface area (Å²) in [4.78, 5) is 27.4. The van der Waals surface area contributed by atoms with Gasteiger partial charge < -0.3 is 10.7 Å². The van der Waals surface area contributed by atoms with Gasteiger partial charge >= 0.3 is 0 Å². The summed E-state index contributed by atoms with van der Waals surface area (Å²) in [6.07, 6.45) is 0. The van der Waals surface area contributed by atoms with E-state index >= 15 is 0 Å². The molecule has 0 fully saturated rings. The van der Waals surface area contributed by atoms with Crippen LogP contribution in [0.2, 0.25) is 0 Å². The van der Waals surface area contributed by atoms with Crippen LogP contribution in [0.5, 0.6) is 0 Å². The van der Waals surface area contributed by atoms with Gasteiger partial charge in [-0.15, -0.1) is 11.3 Å². The zero-order chi connectivity index (χ0) is 14.1. The molecule has 0 aromatic carbocycles. The van der Waals surface area contributed by atoms with Crippen LogP contribution in [0, 0.1) is 6.92 Å². The number of nitrogens with one attached hydrogen (secondary N) is 1. The van der Waals surface area contributed by atoms with Crippen molar-refractivity contribution >= 4 is 39.1 Å². The second-order valence-corrected chi connectivity index (χ2v) is 6.01. The van der Waals surface area contributed by atoms with Crippen LogP contribution < -0.4 is 11.3 Å². The highest BCUT2D eigenvalue weighted by molar-refractivity contribution is 7.98. The van der Waals surface area contributed by atoms with E-state index in [4.69, 9.17) is 5.73 Å². The minimum Gasteiger partial charge on any atom is -0.384 e. The van der Waals surface area contributed by atoms with E-state index in [1.807, 2.05) is 18.4 Å². The Kier molecular flexibility index (Phi) is 3.41. The van der Waals surface area contributed by atoms with E-state index in [0.717, 1.165) is 11.2 Å². The fraction of sp³-hybridized carbons (Fsp3) is 0.167. The Morgan fingerprint density at radius 3 is 3.05 bits per heavy atom. The minimum atomic E-state index is -0.106. The van der Waals surface area contributed by atoms with Crippen LogP contribution in [0.25, 0.3) is 10.2 Å². The predicted octanol–water partition coefficient (Wildman–Crippen LogP) is 1.96. The highest BCUT2D eigenvalue weighted by Crippen LogP contribution is 2.20. The number of aryl methyl sites for hydroxylation is 1. The Hall–Kier alpha value is -1.93. The number of hydrogen-bond acceptors (Lipinski definition) is 7. The highest BCUT2D eigenvalue weighted by atomic mass is 32.2. The number of rotatable bonds is 3. The zero-order valence-corrected chi connectivity index (χ0v) is 12.2. The van der Waals surface area contributed by atoms with Gasteiger partial charge in [0.05, 0.1) is 11.3 Å². The number of nitrogens with zero attached hydrogens (tertiary/aromatic N) is 3. The van der Waals surface area contributed by atoms with Gasteiger partial charge in [-0.3, -0.25) is 4.79 Å². The third-order valence-corrected chi connectivity index (χ3v) is 4.32. The van der Waals surface area contributed by atoms with Crippen molar-refractivity contribution in [1.29, 1.82) is 0 Å². The van der Waals surface area contributed by atoms with Gasteiger partial charge in [0.15, 0.2) is 5.16 Å². The summed E-state index contributed by atoms with van der Waals surface area (Å²) in [6.45, 7) is 1.86. The Morgan fingerprint density at radius 2 is 2.25 bits per heavy atom. The summed E-state index contributed by atoms with van der Waals surface area (Å²) < 4.78 is 0.648. The molecule has 8 heteroatoms. The number of anilines is 1. The first-order chi connectivity index (χ1) is 9.61. The third-order valence-electron chi connectivity index (χ3n) is 2.56. The van der Waals surface area contributed by atoms with E-state index in [1.54, 1.807) is 6.07 Å². The monoisotopic (exact) mass is 305 g/mol. The van der Waals surface area contributed by atoms with Crippen molar-refractivity contribution in [2.45, 2.75) is 17.8 Å². The van der Waals surface area contributed by atoms with Crippen LogP contribution in [0.3, 0.4) is 0 Å². The number of aromatic nitrogens is 4. The summed E-state index contributed by atoms with van der Waals surface area (Å²) in [5, 5.41) is 2.43. The van der Waals surface area contributed by atoms with Crippen molar-refractivity contribution in [3.05, 3.63) is 39.4 Å². The fourth-order valence-corrected chi connectivity index (χ4v) is 3.26. The van der Waals surface area contributed by atoms with Crippen LogP contribution in [0.15, 0.2) is 27.5 Å². The Morgan fingerprint density at radius 1 is 1.40 bits per heavy atom. The van der Waals surface area contributed by atoms with Gasteiger partial charge in [0.25, 0.3) is 5.56 Å². The topological polar surface area (TPSA) is 97.5 Å². The van der Waals surface area contributed by atoms with Crippen LogP contribution in [0.4, 0.5) is 5.82 Å². The molecule has 3 N–H and O–H groups in total. The normalized spacial score (nSPS) is 11.1. The van der Waals surface area contributed by atoms with Gasteiger partial charge in [-0.25, -0.2) is 15.0 Å². The largest absolute Gasteiger partial charge is 0.384 e. The molecule has 0 unspecified atom stereocenters. The molecule has 0 radical (unpaired) electrons. The lowest BCUT2D eigenvalue weighted by molar-refractivity contribution is 0.935. The summed E-state index contributed by atoms with van der Waals surface area (Å²) in [7, 11) is 0. The maximum atomic E-state index is 11.8. The first-order valence-corrected chi connectivity index (χ1v) is 7.69. The molecule has 0 saturated carbocycles. The van der Waals surface area contributed by atoms with E-state index in [1.165, 1.54) is 23.1 Å². The minimum absolute atomic E-state index is 0.106. The molecule has 3 rings (SSSR count). The predicted molar refractivity (Wildman–Crippen MR) is 81.0 cm³/mol. The fourth-order valence-electron chi connectivity index (χ4n) is 1.75. The van der Waals surface area contributed by atoms with Crippen LogP contribution in [-0.2, 0) is 5.75 Å². The second-order valence-electron chi connectivity index (χ2n) is 4.15. The summed E-state index contributed by atoms with van der Waals surface area (Å²) >= 11 is 2.78. The number of nitrogens with two attached hydrogens (primary N) is 1. The molecule has 0 spiro atoms. The molecule has 3 aromatic heterocycles. The summed E-state index contributed by atoms with van der Waals surface area (Å²) in [5.41, 5.74) is 7.11. The first kappa shape index (κ1) is 13.1. The lowest BCUT2D eigenvalue weighted by Crippen LogP contribution is -2.09. The molecule has 0 aliphatic carbocycles. The van der Waals surface area contributed by atoms with Gasteiger partial charge in [-0.2, -0.15) is 0 Å². The van der Waals surface area contributed by atoms with E-state index in [-0.39, 0.29) is 5.56 Å². The van der Waals surface area contributed by atoms with Crippen LogP contribution in [-0.4, -0.2) is 19.9 Å². The van der Waals surface area contributed by atoms with Crippen molar-refractivity contribution < 1.29 is 0 Å². The average Bonchev–Trinajstić information content (AvgIpc) is 2.84. The van der Waals surface area contributed by atoms with Crippen molar-refractivity contribution in [3.8, 4) is 0 Å². The Balaban J connectivity index is 1.84. The van der Waals surface area contributed by atoms with Gasteiger partial charge in [-0.05, 0) is 18.4 Å². The van der Waals surface area contributed by atoms with Gasteiger partial charge in [0.2, 0.25) is 0 Å².